The van der Waals surface area contributed by atoms with Gasteiger partial charge in [-0.15, -0.1) is 0 Å². The fourth-order valence-electron chi connectivity index (χ4n) is 1.16. The Balaban J connectivity index is 2.30. The molecule has 5 nitrogen and oxygen atoms in total. The average molecular weight is 288 g/mol. The quantitative estimate of drug-likeness (QED) is 0.607. The number of amides is 1. The number of carbonyl (C=O) groups excluding carboxylic acids is 1. The van der Waals surface area contributed by atoms with Crippen molar-refractivity contribution in [1.29, 1.82) is 0 Å². The molecule has 2 N–H and O–H groups in total. The number of H-pyrrole nitrogens is 1. The van der Waals surface area contributed by atoms with Gasteiger partial charge in [0.1, 0.15) is 5.69 Å². The first-order chi connectivity index (χ1) is 7.74. The Hall–Kier alpha value is -1.17. The maximum absolute atomic E-state index is 11.5. The summed E-state index contributed by atoms with van der Waals surface area (Å²) in [5.41, 5.74) is -0.0750. The van der Waals surface area contributed by atoms with Crippen LogP contribution in [-0.2, 0) is 0 Å². The van der Waals surface area contributed by atoms with Crippen molar-refractivity contribution in [3.63, 3.8) is 0 Å². The van der Waals surface area contributed by atoms with Gasteiger partial charge in [-0.25, -0.2) is 5.10 Å². The molecule has 0 unspecified atom stereocenters. The lowest BCUT2D eigenvalue weighted by molar-refractivity contribution is 0.0947. The van der Waals surface area contributed by atoms with Gasteiger partial charge in [-0.05, 0) is 18.9 Å². The number of halogens is 1. The maximum Gasteiger partial charge on any atom is 0.271 e. The largest absolute Gasteiger partial charge is 0.351 e. The molecule has 0 atom stereocenters. The molecular weight excluding hydrogens is 274 g/mol. The molecule has 0 saturated carbocycles. The highest BCUT2D eigenvalue weighted by Crippen LogP contribution is 1.97. The Morgan fingerprint density at radius 1 is 1.38 bits per heavy atom. The average Bonchev–Trinajstić information content (AvgIpc) is 2.29. The van der Waals surface area contributed by atoms with Crippen LogP contribution >= 0.6 is 15.9 Å². The van der Waals surface area contributed by atoms with Crippen LogP contribution in [0.15, 0.2) is 16.9 Å². The van der Waals surface area contributed by atoms with Crippen molar-refractivity contribution >= 4 is 21.8 Å². The molecule has 0 fully saturated rings. The molecule has 0 aliphatic carbocycles. The zero-order chi connectivity index (χ0) is 11.8. The van der Waals surface area contributed by atoms with Crippen molar-refractivity contribution in [2.24, 2.45) is 0 Å². The van der Waals surface area contributed by atoms with E-state index in [2.05, 4.69) is 31.4 Å². The molecule has 1 rings (SSSR count). The van der Waals surface area contributed by atoms with E-state index in [1.807, 2.05) is 0 Å². The number of nitrogens with one attached hydrogen (secondary N) is 2. The Morgan fingerprint density at radius 3 is 2.81 bits per heavy atom. The summed E-state index contributed by atoms with van der Waals surface area (Å²) < 4.78 is 0. The second kappa shape index (κ2) is 7.16. The molecule has 0 spiro atoms. The lowest BCUT2D eigenvalue weighted by atomic mass is 10.2. The van der Waals surface area contributed by atoms with Crippen LogP contribution in [0.4, 0.5) is 0 Å². The monoisotopic (exact) mass is 287 g/mol. The molecule has 0 aromatic carbocycles. The number of rotatable bonds is 6. The molecule has 88 valence electrons. The highest BCUT2D eigenvalue weighted by Gasteiger charge is 2.05. The molecule has 16 heavy (non-hydrogen) atoms. The third-order valence-electron chi connectivity index (χ3n) is 2.01. The number of hydrogen-bond donors (Lipinski definition) is 2. The van der Waals surface area contributed by atoms with E-state index in [0.29, 0.717) is 6.54 Å². The number of aromatic nitrogens is 2. The molecule has 1 heterocycles. The van der Waals surface area contributed by atoms with Crippen LogP contribution in [-0.4, -0.2) is 28.0 Å². The third kappa shape index (κ3) is 4.57. The molecule has 1 amide bonds. The van der Waals surface area contributed by atoms with Crippen LogP contribution in [0.3, 0.4) is 0 Å². The summed E-state index contributed by atoms with van der Waals surface area (Å²) in [6.45, 7) is 0.632. The molecule has 0 radical (unpaired) electrons. The second-order valence-corrected chi connectivity index (χ2v) is 4.10. The van der Waals surface area contributed by atoms with Gasteiger partial charge in [0, 0.05) is 17.9 Å². The Labute approximate surface area is 102 Å². The van der Waals surface area contributed by atoms with Crippen LogP contribution in [0.2, 0.25) is 0 Å². The summed E-state index contributed by atoms with van der Waals surface area (Å²) in [5, 5.41) is 9.58. The zero-order valence-corrected chi connectivity index (χ0v) is 10.4. The molecule has 1 aromatic heterocycles. The predicted molar refractivity (Wildman–Crippen MR) is 64.8 cm³/mol. The van der Waals surface area contributed by atoms with Gasteiger partial charge in [-0.3, -0.25) is 9.59 Å². The van der Waals surface area contributed by atoms with E-state index in [0.717, 1.165) is 24.6 Å². The van der Waals surface area contributed by atoms with Gasteiger partial charge in [-0.1, -0.05) is 22.4 Å². The second-order valence-electron chi connectivity index (χ2n) is 3.31. The number of nitrogens with zero attached hydrogens (tertiary/aromatic N) is 1. The van der Waals surface area contributed by atoms with E-state index >= 15 is 0 Å². The fourth-order valence-corrected chi connectivity index (χ4v) is 1.56. The summed E-state index contributed by atoms with van der Waals surface area (Å²) in [4.78, 5) is 22.2. The molecule has 0 aliphatic heterocycles. The Bertz CT molecular complexity index is 371. The predicted octanol–water partition coefficient (Wildman–Crippen LogP) is 1.06. The van der Waals surface area contributed by atoms with Gasteiger partial charge in [0.25, 0.3) is 11.5 Å². The van der Waals surface area contributed by atoms with Crippen molar-refractivity contribution in [3.8, 4) is 0 Å². The summed E-state index contributed by atoms with van der Waals surface area (Å²) in [6.07, 6.45) is 3.12. The summed E-state index contributed by atoms with van der Waals surface area (Å²) in [5.74, 6) is -0.255. The Kier molecular flexibility index (Phi) is 5.77. The number of unbranched alkanes of at least 4 members (excludes halogenated alkanes) is 2. The minimum atomic E-state index is -0.311. The van der Waals surface area contributed by atoms with E-state index in [1.54, 1.807) is 0 Å². The highest BCUT2D eigenvalue weighted by molar-refractivity contribution is 9.09. The number of hydrogen-bond acceptors (Lipinski definition) is 3. The van der Waals surface area contributed by atoms with E-state index in [1.165, 1.54) is 12.1 Å². The van der Waals surface area contributed by atoms with Gasteiger partial charge in [0.15, 0.2) is 0 Å². The lowest BCUT2D eigenvalue weighted by Gasteiger charge is -2.03. The van der Waals surface area contributed by atoms with E-state index < -0.39 is 0 Å². The molecule has 0 aliphatic rings. The first-order valence-electron chi connectivity index (χ1n) is 5.14. The summed E-state index contributed by atoms with van der Waals surface area (Å²) in [6, 6.07) is 2.69. The highest BCUT2D eigenvalue weighted by atomic mass is 79.9. The van der Waals surface area contributed by atoms with Gasteiger partial charge < -0.3 is 5.32 Å². The Morgan fingerprint density at radius 2 is 2.19 bits per heavy atom. The summed E-state index contributed by atoms with van der Waals surface area (Å²) in [7, 11) is 0. The van der Waals surface area contributed by atoms with Crippen LogP contribution in [0.1, 0.15) is 29.8 Å². The minimum Gasteiger partial charge on any atom is -0.351 e. The van der Waals surface area contributed by atoms with Crippen LogP contribution in [0.5, 0.6) is 0 Å². The lowest BCUT2D eigenvalue weighted by Crippen LogP contribution is -2.26. The summed E-state index contributed by atoms with van der Waals surface area (Å²) >= 11 is 3.34. The van der Waals surface area contributed by atoms with E-state index in [4.69, 9.17) is 0 Å². The maximum atomic E-state index is 11.5. The zero-order valence-electron chi connectivity index (χ0n) is 8.83. The molecule has 1 aromatic rings. The van der Waals surface area contributed by atoms with Crippen molar-refractivity contribution in [3.05, 3.63) is 28.2 Å². The van der Waals surface area contributed by atoms with Crippen molar-refractivity contribution < 1.29 is 4.79 Å². The van der Waals surface area contributed by atoms with Gasteiger partial charge in [0.2, 0.25) is 0 Å². The molecule has 6 heteroatoms. The van der Waals surface area contributed by atoms with E-state index in [9.17, 15) is 9.59 Å². The van der Waals surface area contributed by atoms with Crippen LogP contribution < -0.4 is 10.9 Å². The number of carbonyl (C=O) groups is 1. The number of aromatic amines is 1. The normalized spacial score (nSPS) is 10.1. The van der Waals surface area contributed by atoms with Crippen molar-refractivity contribution in [2.75, 3.05) is 11.9 Å². The molecule has 0 bridgehead atoms. The van der Waals surface area contributed by atoms with Crippen molar-refractivity contribution in [2.45, 2.75) is 19.3 Å². The van der Waals surface area contributed by atoms with Gasteiger partial charge in [-0.2, -0.15) is 5.10 Å². The van der Waals surface area contributed by atoms with Crippen LogP contribution in [0, 0.1) is 0 Å². The van der Waals surface area contributed by atoms with Gasteiger partial charge >= 0.3 is 0 Å². The first-order valence-corrected chi connectivity index (χ1v) is 6.26. The first kappa shape index (κ1) is 12.9. The van der Waals surface area contributed by atoms with Gasteiger partial charge in [0.05, 0.1) is 0 Å². The smallest absolute Gasteiger partial charge is 0.271 e. The number of alkyl halides is 1. The fraction of sp³-hybridized carbons (Fsp3) is 0.500. The SMILES string of the molecule is O=C(NCCCCCBr)c1ccc(=O)[nH]n1. The topological polar surface area (TPSA) is 74.8 Å². The van der Waals surface area contributed by atoms with E-state index in [-0.39, 0.29) is 17.2 Å². The van der Waals surface area contributed by atoms with Crippen molar-refractivity contribution in [1.82, 2.24) is 15.5 Å². The molecular formula is C10H14BrN3O2. The standard InChI is InChI=1S/C10H14BrN3O2/c11-6-2-1-3-7-12-10(16)8-4-5-9(15)14-13-8/h4-5H,1-3,6-7H2,(H,12,16)(H,14,15). The molecule has 0 saturated heterocycles. The minimum absolute atomic E-state index is 0.236. The third-order valence-corrected chi connectivity index (χ3v) is 2.57. The van der Waals surface area contributed by atoms with Crippen LogP contribution in [0.25, 0.3) is 0 Å².